The van der Waals surface area contributed by atoms with Crippen LogP contribution >= 0.6 is 12.4 Å². The third kappa shape index (κ3) is 3.59. The summed E-state index contributed by atoms with van der Waals surface area (Å²) < 4.78 is 5.24. The molecule has 1 fully saturated rings. The average Bonchev–Trinajstić information content (AvgIpc) is 2.71. The molecule has 0 aromatic heterocycles. The molecule has 0 aliphatic heterocycles. The van der Waals surface area contributed by atoms with E-state index in [1.54, 1.807) is 0 Å². The summed E-state index contributed by atoms with van der Waals surface area (Å²) in [7, 11) is 0. The van der Waals surface area contributed by atoms with Gasteiger partial charge in [-0.2, -0.15) is 0 Å². The first-order valence-corrected chi connectivity index (χ1v) is 6.33. The summed E-state index contributed by atoms with van der Waals surface area (Å²) in [6, 6.07) is 0.178. The van der Waals surface area contributed by atoms with Crippen molar-refractivity contribution in [3.63, 3.8) is 0 Å². The summed E-state index contributed by atoms with van der Waals surface area (Å²) in [5.74, 6) is -0.0843. The van der Waals surface area contributed by atoms with Gasteiger partial charge < -0.3 is 10.1 Å². The molecule has 2 unspecified atom stereocenters. The molecule has 1 aliphatic rings. The van der Waals surface area contributed by atoms with Crippen molar-refractivity contribution in [2.75, 3.05) is 13.2 Å². The smallest absolute Gasteiger partial charge is 0.313 e. The summed E-state index contributed by atoms with van der Waals surface area (Å²) in [5, 5.41) is 3.38. The van der Waals surface area contributed by atoms with E-state index in [1.807, 2.05) is 19.1 Å². The van der Waals surface area contributed by atoms with Crippen LogP contribution in [-0.2, 0) is 9.53 Å². The van der Waals surface area contributed by atoms with Gasteiger partial charge in [0.1, 0.15) is 0 Å². The van der Waals surface area contributed by atoms with E-state index < -0.39 is 5.41 Å². The zero-order valence-electron chi connectivity index (χ0n) is 11.1. The second-order valence-electron chi connectivity index (χ2n) is 4.51. The molecular weight excluding hydrogens is 250 g/mol. The lowest BCUT2D eigenvalue weighted by Gasteiger charge is -2.32. The van der Waals surface area contributed by atoms with E-state index in [4.69, 9.17) is 4.74 Å². The Morgan fingerprint density at radius 3 is 2.78 bits per heavy atom. The largest absolute Gasteiger partial charge is 0.466 e. The SMILES string of the molecule is C=CCNC1CCCC1(CC=C)C(=O)OCC.Cl. The Kier molecular flexibility index (Phi) is 7.96. The van der Waals surface area contributed by atoms with Crippen molar-refractivity contribution in [1.29, 1.82) is 0 Å². The first-order valence-electron chi connectivity index (χ1n) is 6.33. The topological polar surface area (TPSA) is 38.3 Å². The van der Waals surface area contributed by atoms with Crippen LogP contribution in [0.3, 0.4) is 0 Å². The van der Waals surface area contributed by atoms with E-state index in [2.05, 4.69) is 18.5 Å². The molecule has 3 nitrogen and oxygen atoms in total. The predicted octanol–water partition coefficient (Wildman–Crippen LogP) is 2.86. The van der Waals surface area contributed by atoms with Crippen LogP contribution in [0.25, 0.3) is 0 Å². The van der Waals surface area contributed by atoms with Crippen molar-refractivity contribution < 1.29 is 9.53 Å². The fourth-order valence-electron chi connectivity index (χ4n) is 2.70. The van der Waals surface area contributed by atoms with Gasteiger partial charge in [-0.15, -0.1) is 25.6 Å². The average molecular weight is 274 g/mol. The third-order valence-electron chi connectivity index (χ3n) is 3.48. The number of hydrogen-bond acceptors (Lipinski definition) is 3. The molecule has 18 heavy (non-hydrogen) atoms. The zero-order valence-corrected chi connectivity index (χ0v) is 11.9. The Morgan fingerprint density at radius 2 is 2.22 bits per heavy atom. The lowest BCUT2D eigenvalue weighted by molar-refractivity contribution is -0.156. The maximum absolute atomic E-state index is 12.2. The molecule has 1 rings (SSSR count). The number of nitrogens with one attached hydrogen (secondary N) is 1. The molecule has 0 bridgehead atoms. The van der Waals surface area contributed by atoms with Gasteiger partial charge in [-0.1, -0.05) is 18.6 Å². The molecule has 104 valence electrons. The highest BCUT2D eigenvalue weighted by Gasteiger charge is 2.48. The van der Waals surface area contributed by atoms with E-state index in [0.717, 1.165) is 25.8 Å². The van der Waals surface area contributed by atoms with Crippen LogP contribution in [0.1, 0.15) is 32.6 Å². The zero-order chi connectivity index (χ0) is 12.7. The summed E-state index contributed by atoms with van der Waals surface area (Å²) >= 11 is 0. The van der Waals surface area contributed by atoms with Gasteiger partial charge >= 0.3 is 5.97 Å². The lowest BCUT2D eigenvalue weighted by atomic mass is 9.79. The summed E-state index contributed by atoms with van der Waals surface area (Å²) in [6.45, 7) is 10.5. The van der Waals surface area contributed by atoms with Crippen molar-refractivity contribution in [3.05, 3.63) is 25.3 Å². The van der Waals surface area contributed by atoms with E-state index in [-0.39, 0.29) is 24.4 Å². The Balaban J connectivity index is 0.00000289. The van der Waals surface area contributed by atoms with Crippen LogP contribution in [0.5, 0.6) is 0 Å². The van der Waals surface area contributed by atoms with Gasteiger partial charge in [0.25, 0.3) is 0 Å². The minimum atomic E-state index is -0.416. The van der Waals surface area contributed by atoms with Gasteiger partial charge in [-0.05, 0) is 26.2 Å². The fourth-order valence-corrected chi connectivity index (χ4v) is 2.70. The molecule has 0 amide bonds. The normalized spacial score (nSPS) is 26.2. The van der Waals surface area contributed by atoms with Crippen LogP contribution in [-0.4, -0.2) is 25.2 Å². The molecule has 1 aliphatic carbocycles. The summed E-state index contributed by atoms with van der Waals surface area (Å²) in [4.78, 5) is 12.2. The molecule has 0 heterocycles. The maximum Gasteiger partial charge on any atom is 0.313 e. The van der Waals surface area contributed by atoms with Crippen molar-refractivity contribution in [3.8, 4) is 0 Å². The Labute approximate surface area is 116 Å². The molecule has 0 aromatic carbocycles. The van der Waals surface area contributed by atoms with Gasteiger partial charge in [0, 0.05) is 12.6 Å². The number of ether oxygens (including phenoxy) is 1. The number of carbonyl (C=O) groups excluding carboxylic acids is 1. The van der Waals surface area contributed by atoms with Crippen molar-refractivity contribution in [1.82, 2.24) is 5.32 Å². The minimum absolute atomic E-state index is 0. The lowest BCUT2D eigenvalue weighted by Crippen LogP contribution is -2.47. The highest BCUT2D eigenvalue weighted by Crippen LogP contribution is 2.42. The molecule has 0 radical (unpaired) electrons. The maximum atomic E-state index is 12.2. The number of rotatable bonds is 7. The van der Waals surface area contributed by atoms with Crippen LogP contribution in [0.4, 0.5) is 0 Å². The van der Waals surface area contributed by atoms with Gasteiger partial charge in [-0.25, -0.2) is 0 Å². The Morgan fingerprint density at radius 1 is 1.50 bits per heavy atom. The quantitative estimate of drug-likeness (QED) is 0.573. The first kappa shape index (κ1) is 17.2. The molecule has 0 saturated heterocycles. The molecule has 1 saturated carbocycles. The fraction of sp³-hybridized carbons (Fsp3) is 0.643. The van der Waals surface area contributed by atoms with Gasteiger partial charge in [0.15, 0.2) is 0 Å². The van der Waals surface area contributed by atoms with Crippen LogP contribution in [0, 0.1) is 5.41 Å². The van der Waals surface area contributed by atoms with E-state index >= 15 is 0 Å². The first-order chi connectivity index (χ1) is 8.21. The van der Waals surface area contributed by atoms with Crippen molar-refractivity contribution in [2.45, 2.75) is 38.6 Å². The molecular formula is C14H24ClNO2. The van der Waals surface area contributed by atoms with Crippen LogP contribution in [0.15, 0.2) is 25.3 Å². The molecule has 2 atom stereocenters. The Bertz CT molecular complexity index is 294. The van der Waals surface area contributed by atoms with Gasteiger partial charge in [0.05, 0.1) is 12.0 Å². The van der Waals surface area contributed by atoms with E-state index in [0.29, 0.717) is 13.0 Å². The monoisotopic (exact) mass is 273 g/mol. The number of carbonyl (C=O) groups is 1. The molecule has 1 N–H and O–H groups in total. The van der Waals surface area contributed by atoms with E-state index in [9.17, 15) is 4.79 Å². The number of esters is 1. The van der Waals surface area contributed by atoms with Crippen molar-refractivity contribution in [2.24, 2.45) is 5.41 Å². The third-order valence-corrected chi connectivity index (χ3v) is 3.48. The second kappa shape index (κ2) is 8.33. The van der Waals surface area contributed by atoms with Crippen LogP contribution < -0.4 is 5.32 Å². The van der Waals surface area contributed by atoms with Crippen molar-refractivity contribution >= 4 is 18.4 Å². The summed E-state index contributed by atoms with van der Waals surface area (Å²) in [5.41, 5.74) is -0.416. The highest BCUT2D eigenvalue weighted by atomic mass is 35.5. The Hall–Kier alpha value is -0.800. The highest BCUT2D eigenvalue weighted by molar-refractivity contribution is 5.85. The summed E-state index contributed by atoms with van der Waals surface area (Å²) in [6.07, 6.45) is 7.28. The minimum Gasteiger partial charge on any atom is -0.466 e. The second-order valence-corrected chi connectivity index (χ2v) is 4.51. The van der Waals surface area contributed by atoms with Gasteiger partial charge in [0.2, 0.25) is 0 Å². The predicted molar refractivity (Wildman–Crippen MR) is 77.0 cm³/mol. The standard InChI is InChI=1S/C14H23NO2.ClH/c1-4-9-14(13(16)17-6-3)10-7-8-12(14)15-11-5-2;/h4-5,12,15H,1-2,6-11H2,3H3;1H. The number of allylic oxidation sites excluding steroid dienone is 1. The number of halogens is 1. The molecule has 0 spiro atoms. The molecule has 4 heteroatoms. The van der Waals surface area contributed by atoms with Crippen LogP contribution in [0.2, 0.25) is 0 Å². The number of hydrogen-bond donors (Lipinski definition) is 1. The van der Waals surface area contributed by atoms with Gasteiger partial charge in [-0.3, -0.25) is 4.79 Å². The molecule has 0 aromatic rings. The van der Waals surface area contributed by atoms with E-state index in [1.165, 1.54) is 0 Å².